The Hall–Kier alpha value is -1.26. The predicted octanol–water partition coefficient (Wildman–Crippen LogP) is 2.27. The van der Waals surface area contributed by atoms with Crippen LogP contribution < -0.4 is 14.8 Å². The second-order valence-electron chi connectivity index (χ2n) is 5.99. The summed E-state index contributed by atoms with van der Waals surface area (Å²) in [7, 11) is 1.69. The first-order chi connectivity index (χ1) is 9.76. The molecule has 3 rings (SSSR count). The zero-order chi connectivity index (χ0) is 14.0. The van der Waals surface area contributed by atoms with Gasteiger partial charge in [0.05, 0.1) is 13.7 Å². The van der Waals surface area contributed by atoms with Gasteiger partial charge in [0, 0.05) is 30.2 Å². The summed E-state index contributed by atoms with van der Waals surface area (Å²) in [6, 6.07) is 6.29. The zero-order valence-electron chi connectivity index (χ0n) is 12.0. The maximum absolute atomic E-state index is 9.43. The Labute approximate surface area is 120 Å². The third-order valence-corrected chi connectivity index (χ3v) is 4.50. The van der Waals surface area contributed by atoms with Crippen molar-refractivity contribution in [1.82, 2.24) is 5.32 Å². The maximum atomic E-state index is 9.43. The van der Waals surface area contributed by atoms with Crippen LogP contribution in [-0.4, -0.2) is 32.0 Å². The van der Waals surface area contributed by atoms with Crippen LogP contribution in [0.1, 0.15) is 37.3 Å². The molecule has 0 saturated heterocycles. The van der Waals surface area contributed by atoms with E-state index < -0.39 is 0 Å². The summed E-state index contributed by atoms with van der Waals surface area (Å²) in [5.74, 6) is 1.82. The van der Waals surface area contributed by atoms with Crippen LogP contribution in [0.25, 0.3) is 0 Å². The quantitative estimate of drug-likeness (QED) is 0.867. The van der Waals surface area contributed by atoms with E-state index in [0.29, 0.717) is 0 Å². The van der Waals surface area contributed by atoms with Gasteiger partial charge in [-0.2, -0.15) is 0 Å². The Morgan fingerprint density at radius 1 is 1.45 bits per heavy atom. The number of aliphatic hydroxyl groups excluding tert-OH is 1. The Bertz CT molecular complexity index is 471. The van der Waals surface area contributed by atoms with E-state index in [1.54, 1.807) is 7.11 Å². The highest BCUT2D eigenvalue weighted by Crippen LogP contribution is 2.45. The van der Waals surface area contributed by atoms with Crippen LogP contribution in [-0.2, 0) is 0 Å². The highest BCUT2D eigenvalue weighted by atomic mass is 16.5. The summed E-state index contributed by atoms with van der Waals surface area (Å²) in [5.41, 5.74) is 1.31. The molecule has 1 aromatic carbocycles. The summed E-state index contributed by atoms with van der Waals surface area (Å²) < 4.78 is 11.1. The van der Waals surface area contributed by atoms with Gasteiger partial charge in [-0.05, 0) is 43.9 Å². The molecule has 2 N–H and O–H groups in total. The SMILES string of the molecule is COc1ccc2c(c1)C(NCC1(CO)CC1)CCCO2. The van der Waals surface area contributed by atoms with Crippen molar-refractivity contribution in [1.29, 1.82) is 0 Å². The van der Waals surface area contributed by atoms with Gasteiger partial charge in [0.25, 0.3) is 0 Å². The first-order valence-corrected chi connectivity index (χ1v) is 7.41. The number of nitrogens with one attached hydrogen (secondary N) is 1. The van der Waals surface area contributed by atoms with Crippen molar-refractivity contribution in [2.45, 2.75) is 31.7 Å². The summed E-state index contributed by atoms with van der Waals surface area (Å²) in [6.07, 6.45) is 4.36. The summed E-state index contributed by atoms with van der Waals surface area (Å²) in [4.78, 5) is 0. The molecule has 1 fully saturated rings. The van der Waals surface area contributed by atoms with Gasteiger partial charge < -0.3 is 19.9 Å². The summed E-state index contributed by atoms with van der Waals surface area (Å²) in [6.45, 7) is 1.93. The molecule has 1 aromatic rings. The van der Waals surface area contributed by atoms with Gasteiger partial charge in [-0.1, -0.05) is 0 Å². The normalized spacial score (nSPS) is 23.4. The lowest BCUT2D eigenvalue weighted by molar-refractivity contribution is 0.203. The fourth-order valence-corrected chi connectivity index (χ4v) is 2.80. The Morgan fingerprint density at radius 3 is 3.00 bits per heavy atom. The monoisotopic (exact) mass is 277 g/mol. The molecule has 0 aromatic heterocycles. The zero-order valence-corrected chi connectivity index (χ0v) is 12.0. The van der Waals surface area contributed by atoms with Crippen LogP contribution in [0.2, 0.25) is 0 Å². The summed E-state index contributed by atoms with van der Waals surface area (Å²) >= 11 is 0. The van der Waals surface area contributed by atoms with E-state index in [0.717, 1.165) is 50.3 Å². The first-order valence-electron chi connectivity index (χ1n) is 7.41. The van der Waals surface area contributed by atoms with E-state index in [4.69, 9.17) is 9.47 Å². The largest absolute Gasteiger partial charge is 0.497 e. The number of ether oxygens (including phenoxy) is 2. The third-order valence-electron chi connectivity index (χ3n) is 4.50. The molecular formula is C16H23NO3. The van der Waals surface area contributed by atoms with E-state index in [1.165, 1.54) is 5.56 Å². The van der Waals surface area contributed by atoms with Gasteiger partial charge in [0.2, 0.25) is 0 Å². The lowest BCUT2D eigenvalue weighted by Crippen LogP contribution is -2.30. The lowest BCUT2D eigenvalue weighted by Gasteiger charge is -2.22. The van der Waals surface area contributed by atoms with Crippen LogP contribution in [0.5, 0.6) is 11.5 Å². The van der Waals surface area contributed by atoms with Crippen LogP contribution in [0, 0.1) is 5.41 Å². The van der Waals surface area contributed by atoms with Crippen LogP contribution in [0.3, 0.4) is 0 Å². The van der Waals surface area contributed by atoms with E-state index >= 15 is 0 Å². The van der Waals surface area contributed by atoms with Crippen molar-refractivity contribution in [2.75, 3.05) is 26.9 Å². The third kappa shape index (κ3) is 2.76. The molecule has 0 radical (unpaired) electrons. The first kappa shape index (κ1) is 13.7. The molecule has 0 spiro atoms. The highest BCUT2D eigenvalue weighted by Gasteiger charge is 2.42. The molecule has 1 heterocycles. The number of hydrogen-bond acceptors (Lipinski definition) is 4. The number of benzene rings is 1. The van der Waals surface area contributed by atoms with Gasteiger partial charge >= 0.3 is 0 Å². The van der Waals surface area contributed by atoms with Crippen molar-refractivity contribution in [3.63, 3.8) is 0 Å². The molecule has 1 aliphatic heterocycles. The van der Waals surface area contributed by atoms with Crippen molar-refractivity contribution >= 4 is 0 Å². The average molecular weight is 277 g/mol. The molecule has 0 bridgehead atoms. The van der Waals surface area contributed by atoms with E-state index in [-0.39, 0.29) is 18.1 Å². The van der Waals surface area contributed by atoms with Gasteiger partial charge in [0.1, 0.15) is 11.5 Å². The smallest absolute Gasteiger partial charge is 0.124 e. The number of methoxy groups -OCH3 is 1. The van der Waals surface area contributed by atoms with E-state index in [9.17, 15) is 5.11 Å². The van der Waals surface area contributed by atoms with Crippen LogP contribution in [0.15, 0.2) is 18.2 Å². The highest BCUT2D eigenvalue weighted by molar-refractivity contribution is 5.42. The molecule has 4 nitrogen and oxygen atoms in total. The fraction of sp³-hybridized carbons (Fsp3) is 0.625. The molecule has 20 heavy (non-hydrogen) atoms. The maximum Gasteiger partial charge on any atom is 0.124 e. The van der Waals surface area contributed by atoms with Crippen LogP contribution in [0.4, 0.5) is 0 Å². The molecule has 1 atom stereocenters. The standard InChI is InChI=1S/C16H23NO3/c1-19-12-4-5-15-13(9-12)14(3-2-8-20-15)17-10-16(11-18)6-7-16/h4-5,9,14,17-18H,2-3,6-8,10-11H2,1H3. The Kier molecular flexibility index (Phi) is 3.85. The Morgan fingerprint density at radius 2 is 2.30 bits per heavy atom. The fourth-order valence-electron chi connectivity index (χ4n) is 2.80. The minimum Gasteiger partial charge on any atom is -0.497 e. The van der Waals surface area contributed by atoms with Gasteiger partial charge in [-0.15, -0.1) is 0 Å². The van der Waals surface area contributed by atoms with Gasteiger partial charge in [-0.3, -0.25) is 0 Å². The average Bonchev–Trinajstić information content (AvgIpc) is 3.29. The number of aliphatic hydroxyl groups is 1. The second kappa shape index (κ2) is 5.62. The van der Waals surface area contributed by atoms with Crippen molar-refractivity contribution in [3.05, 3.63) is 23.8 Å². The van der Waals surface area contributed by atoms with Gasteiger partial charge in [0.15, 0.2) is 0 Å². The van der Waals surface area contributed by atoms with E-state index in [2.05, 4.69) is 11.4 Å². The molecule has 1 aliphatic carbocycles. The minimum atomic E-state index is 0.131. The van der Waals surface area contributed by atoms with E-state index in [1.807, 2.05) is 12.1 Å². The van der Waals surface area contributed by atoms with Crippen LogP contribution >= 0.6 is 0 Å². The lowest BCUT2D eigenvalue weighted by atomic mass is 10.00. The summed E-state index contributed by atoms with van der Waals surface area (Å²) in [5, 5.41) is 13.1. The number of rotatable bonds is 5. The molecule has 0 amide bonds. The van der Waals surface area contributed by atoms with Crippen molar-refractivity contribution in [3.8, 4) is 11.5 Å². The molecule has 110 valence electrons. The molecule has 4 heteroatoms. The van der Waals surface area contributed by atoms with Crippen molar-refractivity contribution in [2.24, 2.45) is 5.41 Å². The number of fused-ring (bicyclic) bond motifs is 1. The van der Waals surface area contributed by atoms with Crippen molar-refractivity contribution < 1.29 is 14.6 Å². The molecular weight excluding hydrogens is 254 g/mol. The minimum absolute atomic E-state index is 0.131. The molecule has 1 unspecified atom stereocenters. The Balaban J connectivity index is 1.77. The molecule has 2 aliphatic rings. The molecule has 1 saturated carbocycles. The number of hydrogen-bond donors (Lipinski definition) is 2. The topological polar surface area (TPSA) is 50.7 Å². The van der Waals surface area contributed by atoms with Gasteiger partial charge in [-0.25, -0.2) is 0 Å². The predicted molar refractivity (Wildman–Crippen MR) is 77.2 cm³/mol. The second-order valence-corrected chi connectivity index (χ2v) is 5.99.